The highest BCUT2D eigenvalue weighted by Gasteiger charge is 2.08. The number of hydrogen-bond acceptors (Lipinski definition) is 2. The van der Waals surface area contributed by atoms with Crippen molar-refractivity contribution in [3.63, 3.8) is 0 Å². The first-order chi connectivity index (χ1) is 7.02. The molecular weight excluding hydrogens is 206 g/mol. The van der Waals surface area contributed by atoms with Crippen molar-refractivity contribution in [1.29, 1.82) is 0 Å². The van der Waals surface area contributed by atoms with Crippen LogP contribution in [-0.4, -0.2) is 11.6 Å². The number of nitrogens with two attached hydrogens (primary N) is 1. The van der Waals surface area contributed by atoms with Gasteiger partial charge in [0.1, 0.15) is 5.75 Å². The van der Waals surface area contributed by atoms with Gasteiger partial charge in [0.05, 0.1) is 11.6 Å². The minimum absolute atomic E-state index is 0.110. The molecule has 82 valence electrons. The topological polar surface area (TPSA) is 35.2 Å². The molecule has 0 saturated heterocycles. The summed E-state index contributed by atoms with van der Waals surface area (Å²) in [6, 6.07) is 6.09. The molecule has 0 aromatic heterocycles. The SMILES string of the molecule is Cc1cccc(C)c1OCC(C)C(N)=S. The maximum Gasteiger partial charge on any atom is 0.125 e. The third kappa shape index (κ3) is 3.20. The average molecular weight is 223 g/mol. The molecule has 0 radical (unpaired) electrons. The quantitative estimate of drug-likeness (QED) is 0.797. The third-order valence-corrected chi connectivity index (χ3v) is 2.77. The maximum absolute atomic E-state index is 5.72. The van der Waals surface area contributed by atoms with Gasteiger partial charge >= 0.3 is 0 Å². The number of rotatable bonds is 4. The van der Waals surface area contributed by atoms with Crippen LogP contribution in [0.4, 0.5) is 0 Å². The highest BCUT2D eigenvalue weighted by Crippen LogP contribution is 2.22. The van der Waals surface area contributed by atoms with Crippen LogP contribution in [0.3, 0.4) is 0 Å². The van der Waals surface area contributed by atoms with Crippen LogP contribution in [0.25, 0.3) is 0 Å². The number of benzene rings is 1. The van der Waals surface area contributed by atoms with Crippen LogP contribution in [0.1, 0.15) is 18.1 Å². The molecule has 0 aliphatic rings. The van der Waals surface area contributed by atoms with Crippen LogP contribution >= 0.6 is 12.2 Å². The van der Waals surface area contributed by atoms with Crippen molar-refractivity contribution < 1.29 is 4.74 Å². The zero-order valence-corrected chi connectivity index (χ0v) is 10.2. The zero-order valence-electron chi connectivity index (χ0n) is 9.41. The summed E-state index contributed by atoms with van der Waals surface area (Å²) in [7, 11) is 0. The van der Waals surface area contributed by atoms with Crippen molar-refractivity contribution in [2.75, 3.05) is 6.61 Å². The van der Waals surface area contributed by atoms with Crippen molar-refractivity contribution in [3.05, 3.63) is 29.3 Å². The van der Waals surface area contributed by atoms with E-state index in [2.05, 4.69) is 0 Å². The first-order valence-corrected chi connectivity index (χ1v) is 5.41. The lowest BCUT2D eigenvalue weighted by atomic mass is 10.1. The number of ether oxygens (including phenoxy) is 1. The first kappa shape index (κ1) is 12.0. The largest absolute Gasteiger partial charge is 0.492 e. The lowest BCUT2D eigenvalue weighted by Gasteiger charge is -2.15. The second kappa shape index (κ2) is 5.12. The number of aryl methyl sites for hydroxylation is 2. The molecule has 0 spiro atoms. The van der Waals surface area contributed by atoms with Gasteiger partial charge in [0.15, 0.2) is 0 Å². The Morgan fingerprint density at radius 1 is 1.40 bits per heavy atom. The summed E-state index contributed by atoms with van der Waals surface area (Å²) in [5, 5.41) is 0. The molecule has 1 rings (SSSR count). The predicted octanol–water partition coefficient (Wildman–Crippen LogP) is 2.60. The van der Waals surface area contributed by atoms with Gasteiger partial charge in [-0.3, -0.25) is 0 Å². The predicted molar refractivity (Wildman–Crippen MR) is 67.4 cm³/mol. The Morgan fingerprint density at radius 2 is 1.93 bits per heavy atom. The normalized spacial score (nSPS) is 12.2. The van der Waals surface area contributed by atoms with Crippen LogP contribution in [0.15, 0.2) is 18.2 Å². The van der Waals surface area contributed by atoms with Gasteiger partial charge in [-0.2, -0.15) is 0 Å². The third-order valence-electron chi connectivity index (χ3n) is 2.37. The Bertz CT molecular complexity index is 342. The van der Waals surface area contributed by atoms with E-state index in [1.165, 1.54) is 0 Å². The average Bonchev–Trinajstić information content (AvgIpc) is 2.16. The van der Waals surface area contributed by atoms with E-state index in [-0.39, 0.29) is 5.92 Å². The minimum Gasteiger partial charge on any atom is -0.492 e. The molecule has 15 heavy (non-hydrogen) atoms. The number of para-hydroxylation sites is 1. The van der Waals surface area contributed by atoms with Gasteiger partial charge in [0, 0.05) is 5.92 Å². The van der Waals surface area contributed by atoms with Gasteiger partial charge in [-0.05, 0) is 25.0 Å². The molecule has 1 atom stereocenters. The smallest absolute Gasteiger partial charge is 0.125 e. The van der Waals surface area contributed by atoms with E-state index in [9.17, 15) is 0 Å². The molecule has 0 fully saturated rings. The van der Waals surface area contributed by atoms with Crippen LogP contribution in [-0.2, 0) is 0 Å². The van der Waals surface area contributed by atoms with E-state index in [4.69, 9.17) is 22.7 Å². The van der Waals surface area contributed by atoms with Crippen molar-refractivity contribution in [2.45, 2.75) is 20.8 Å². The zero-order chi connectivity index (χ0) is 11.4. The van der Waals surface area contributed by atoms with Crippen molar-refractivity contribution in [1.82, 2.24) is 0 Å². The lowest BCUT2D eigenvalue weighted by molar-refractivity contribution is 0.290. The molecule has 2 N–H and O–H groups in total. The summed E-state index contributed by atoms with van der Waals surface area (Å²) in [4.78, 5) is 0.501. The Kier molecular flexibility index (Phi) is 4.09. The van der Waals surface area contributed by atoms with Crippen molar-refractivity contribution >= 4 is 17.2 Å². The van der Waals surface area contributed by atoms with E-state index in [0.717, 1.165) is 16.9 Å². The van der Waals surface area contributed by atoms with E-state index >= 15 is 0 Å². The van der Waals surface area contributed by atoms with Crippen molar-refractivity contribution in [3.8, 4) is 5.75 Å². The molecule has 0 heterocycles. The number of thiocarbonyl (C=S) groups is 1. The van der Waals surface area contributed by atoms with Crippen LogP contribution in [0, 0.1) is 19.8 Å². The summed E-state index contributed by atoms with van der Waals surface area (Å²) in [5.74, 6) is 1.06. The molecule has 3 heteroatoms. The molecule has 1 unspecified atom stereocenters. The molecule has 1 aromatic carbocycles. The Labute approximate surface area is 96.4 Å². The summed E-state index contributed by atoms with van der Waals surface area (Å²) >= 11 is 4.90. The Hall–Kier alpha value is -1.09. The summed E-state index contributed by atoms with van der Waals surface area (Å²) < 4.78 is 5.72. The van der Waals surface area contributed by atoms with Crippen LogP contribution < -0.4 is 10.5 Å². The molecule has 0 amide bonds. The number of hydrogen-bond donors (Lipinski definition) is 1. The van der Waals surface area contributed by atoms with E-state index in [0.29, 0.717) is 11.6 Å². The van der Waals surface area contributed by atoms with Gasteiger partial charge in [-0.15, -0.1) is 0 Å². The van der Waals surface area contributed by atoms with Crippen molar-refractivity contribution in [2.24, 2.45) is 11.7 Å². The maximum atomic E-state index is 5.72. The molecule has 1 aromatic rings. The fraction of sp³-hybridized carbons (Fsp3) is 0.417. The van der Waals surface area contributed by atoms with Gasteiger partial charge in [-0.25, -0.2) is 0 Å². The summed E-state index contributed by atoms with van der Waals surface area (Å²) in [6.07, 6.45) is 0. The highest BCUT2D eigenvalue weighted by molar-refractivity contribution is 7.80. The Balaban J connectivity index is 2.69. The molecule has 0 aliphatic heterocycles. The highest BCUT2D eigenvalue weighted by atomic mass is 32.1. The second-order valence-corrected chi connectivity index (χ2v) is 4.31. The van der Waals surface area contributed by atoms with Gasteiger partial charge in [0.25, 0.3) is 0 Å². The van der Waals surface area contributed by atoms with Crippen LogP contribution in [0.2, 0.25) is 0 Å². The molecule has 0 aliphatic carbocycles. The second-order valence-electron chi connectivity index (χ2n) is 3.84. The van der Waals surface area contributed by atoms with E-state index in [1.54, 1.807) is 0 Å². The van der Waals surface area contributed by atoms with Crippen LogP contribution in [0.5, 0.6) is 5.75 Å². The fourth-order valence-electron chi connectivity index (χ4n) is 1.32. The Morgan fingerprint density at radius 3 is 2.40 bits per heavy atom. The molecular formula is C12H17NOS. The molecule has 2 nitrogen and oxygen atoms in total. The fourth-order valence-corrected chi connectivity index (χ4v) is 1.39. The summed E-state index contributed by atoms with van der Waals surface area (Å²) in [5.41, 5.74) is 7.81. The van der Waals surface area contributed by atoms with Gasteiger partial charge < -0.3 is 10.5 Å². The van der Waals surface area contributed by atoms with E-state index in [1.807, 2.05) is 39.0 Å². The van der Waals surface area contributed by atoms with Gasteiger partial charge in [0.2, 0.25) is 0 Å². The molecule has 0 saturated carbocycles. The molecule has 0 bridgehead atoms. The monoisotopic (exact) mass is 223 g/mol. The standard InChI is InChI=1S/C12H17NOS/c1-8-5-4-6-9(2)11(8)14-7-10(3)12(13)15/h4-6,10H,7H2,1-3H3,(H2,13,15). The summed E-state index contributed by atoms with van der Waals surface area (Å²) in [6.45, 7) is 6.58. The first-order valence-electron chi connectivity index (χ1n) is 5.00. The van der Waals surface area contributed by atoms with E-state index < -0.39 is 0 Å². The minimum atomic E-state index is 0.110. The lowest BCUT2D eigenvalue weighted by Crippen LogP contribution is -2.24. The van der Waals surface area contributed by atoms with Gasteiger partial charge in [-0.1, -0.05) is 37.3 Å².